The van der Waals surface area contributed by atoms with Crippen molar-refractivity contribution in [2.45, 2.75) is 34.6 Å². The first-order valence-corrected chi connectivity index (χ1v) is 12.4. The van der Waals surface area contributed by atoms with Gasteiger partial charge in [-0.15, -0.1) is 6.42 Å². The topological polar surface area (TPSA) is 70.5 Å². The molecule has 0 saturated heterocycles. The van der Waals surface area contributed by atoms with Crippen LogP contribution in [0.15, 0.2) is 67.3 Å². The molecule has 0 spiro atoms. The van der Waals surface area contributed by atoms with Crippen LogP contribution in [0.2, 0.25) is 0 Å². The van der Waals surface area contributed by atoms with E-state index >= 15 is 0 Å². The van der Waals surface area contributed by atoms with Gasteiger partial charge in [-0.1, -0.05) is 50.7 Å². The lowest BCUT2D eigenvalue weighted by Crippen LogP contribution is -2.10. The molecule has 1 heterocycles. The molecule has 6 heteroatoms. The summed E-state index contributed by atoms with van der Waals surface area (Å²) in [6, 6.07) is 10.3. The second-order valence-corrected chi connectivity index (χ2v) is 8.64. The normalized spacial score (nSPS) is 10.7. The molecule has 0 unspecified atom stereocenters. The number of ketones is 1. The average molecular weight is 513 g/mol. The van der Waals surface area contributed by atoms with E-state index in [-0.39, 0.29) is 18.2 Å². The van der Waals surface area contributed by atoms with Crippen LogP contribution >= 0.6 is 0 Å². The zero-order chi connectivity index (χ0) is 28.2. The molecule has 0 radical (unpaired) electrons. The van der Waals surface area contributed by atoms with E-state index in [2.05, 4.69) is 42.9 Å². The molecule has 38 heavy (non-hydrogen) atoms. The first kappa shape index (κ1) is 29.9. The minimum Gasteiger partial charge on any atom is -0.493 e. The van der Waals surface area contributed by atoms with Crippen molar-refractivity contribution in [3.05, 3.63) is 84.4 Å². The summed E-state index contributed by atoms with van der Waals surface area (Å²) in [4.78, 5) is 22.4. The highest BCUT2D eigenvalue weighted by Crippen LogP contribution is 2.30. The van der Waals surface area contributed by atoms with Gasteiger partial charge in [0, 0.05) is 10.9 Å². The number of allylic oxidation sites excluding steroid dienone is 4. The van der Waals surface area contributed by atoms with Crippen molar-refractivity contribution in [1.82, 2.24) is 9.97 Å². The van der Waals surface area contributed by atoms with Crippen LogP contribution in [0.1, 0.15) is 56.5 Å². The number of hydrogen-bond acceptors (Lipinski definition) is 6. The van der Waals surface area contributed by atoms with Gasteiger partial charge in [-0.05, 0) is 68.7 Å². The molecular formula is C32H36N2O4. The van der Waals surface area contributed by atoms with Gasteiger partial charge in [-0.25, -0.2) is 9.97 Å². The maximum Gasteiger partial charge on any atom is 0.230 e. The quantitative estimate of drug-likeness (QED) is 0.125. The Morgan fingerprint density at radius 2 is 1.84 bits per heavy atom. The SMILES string of the molecule is C#CCOc1ccc2nc(C(=O)c3ccc(OC)c(OCC)c3)nc(/C(C=C)=C/C)c2c1.C=C(C)C(C)C. The Balaban J connectivity index is 0.000000757. The predicted octanol–water partition coefficient (Wildman–Crippen LogP) is 7.09. The molecule has 0 aliphatic carbocycles. The molecule has 3 rings (SSSR count). The fourth-order valence-electron chi connectivity index (χ4n) is 3.21. The standard InChI is InChI=1S/C26H24N2O4.C6H12/c1-6-14-32-19-11-12-21-20(16-19)24(17(7-2)8-3)28-26(27-21)25(29)18-10-13-22(30-5)23(15-18)31-9-4;1-5(2)6(3)4/h1,7-8,10-13,15-16H,2,9,14H2,3-5H3;6H,1H2,2-4H3/b17-8+;. The van der Waals surface area contributed by atoms with Crippen LogP contribution in [0, 0.1) is 18.3 Å². The zero-order valence-electron chi connectivity index (χ0n) is 23.1. The molecular weight excluding hydrogens is 476 g/mol. The third kappa shape index (κ3) is 7.57. The van der Waals surface area contributed by atoms with Crippen LogP contribution in [0.3, 0.4) is 0 Å². The molecule has 0 saturated carbocycles. The van der Waals surface area contributed by atoms with Crippen LogP contribution in [0.25, 0.3) is 16.5 Å². The molecule has 1 aromatic heterocycles. The summed E-state index contributed by atoms with van der Waals surface area (Å²) in [6.07, 6.45) is 8.85. The predicted molar refractivity (Wildman–Crippen MR) is 155 cm³/mol. The molecule has 0 bridgehead atoms. The van der Waals surface area contributed by atoms with Gasteiger partial charge in [0.15, 0.2) is 11.5 Å². The van der Waals surface area contributed by atoms with Crippen LogP contribution in [0.5, 0.6) is 17.2 Å². The molecule has 6 nitrogen and oxygen atoms in total. The molecule has 3 aromatic rings. The summed E-state index contributed by atoms with van der Waals surface area (Å²) in [6.45, 7) is 18.3. The van der Waals surface area contributed by atoms with Crippen molar-refractivity contribution in [2.24, 2.45) is 5.92 Å². The number of hydrogen-bond donors (Lipinski definition) is 0. The van der Waals surface area contributed by atoms with E-state index in [1.54, 1.807) is 43.5 Å². The summed E-state index contributed by atoms with van der Waals surface area (Å²) in [5, 5.41) is 0.730. The van der Waals surface area contributed by atoms with E-state index in [1.807, 2.05) is 32.9 Å². The Hall–Kier alpha value is -4.37. The highest BCUT2D eigenvalue weighted by Gasteiger charge is 2.19. The number of carbonyl (C=O) groups excluding carboxylic acids is 1. The maximum atomic E-state index is 13.3. The Bertz CT molecular complexity index is 1380. The highest BCUT2D eigenvalue weighted by molar-refractivity contribution is 6.08. The summed E-state index contributed by atoms with van der Waals surface area (Å²) < 4.78 is 16.4. The Labute approximate surface area is 226 Å². The molecule has 0 fully saturated rings. The number of terminal acetylenes is 1. The average Bonchev–Trinajstić information content (AvgIpc) is 2.92. The number of benzene rings is 2. The number of rotatable bonds is 10. The lowest BCUT2D eigenvalue weighted by Gasteiger charge is -2.12. The fraction of sp³-hybridized carbons (Fsp3) is 0.281. The van der Waals surface area contributed by atoms with Crippen molar-refractivity contribution >= 4 is 22.3 Å². The number of ether oxygens (including phenoxy) is 3. The van der Waals surface area contributed by atoms with Gasteiger partial charge in [0.25, 0.3) is 0 Å². The lowest BCUT2D eigenvalue weighted by molar-refractivity contribution is 0.102. The van der Waals surface area contributed by atoms with Crippen LogP contribution in [-0.4, -0.2) is 36.1 Å². The van der Waals surface area contributed by atoms with E-state index in [0.717, 1.165) is 11.0 Å². The van der Waals surface area contributed by atoms with Gasteiger partial charge in [0.2, 0.25) is 11.6 Å². The van der Waals surface area contributed by atoms with E-state index < -0.39 is 0 Å². The van der Waals surface area contributed by atoms with Gasteiger partial charge in [-0.2, -0.15) is 0 Å². The van der Waals surface area contributed by atoms with Crippen LogP contribution in [0.4, 0.5) is 0 Å². The third-order valence-electron chi connectivity index (χ3n) is 5.71. The number of fused-ring (bicyclic) bond motifs is 1. The minimum absolute atomic E-state index is 0.0682. The molecule has 0 aliphatic heterocycles. The van der Waals surface area contributed by atoms with E-state index in [4.69, 9.17) is 20.6 Å². The smallest absolute Gasteiger partial charge is 0.230 e. The molecule has 198 valence electrons. The first-order valence-electron chi connectivity index (χ1n) is 12.4. The number of nitrogens with zero attached hydrogens (tertiary/aromatic N) is 2. The lowest BCUT2D eigenvalue weighted by atomic mass is 10.0. The van der Waals surface area contributed by atoms with Crippen molar-refractivity contribution in [2.75, 3.05) is 20.3 Å². The maximum absolute atomic E-state index is 13.3. The summed E-state index contributed by atoms with van der Waals surface area (Å²) in [7, 11) is 1.55. The van der Waals surface area contributed by atoms with E-state index in [0.29, 0.717) is 46.5 Å². The zero-order valence-corrected chi connectivity index (χ0v) is 23.1. The van der Waals surface area contributed by atoms with Crippen molar-refractivity contribution in [1.29, 1.82) is 0 Å². The highest BCUT2D eigenvalue weighted by atomic mass is 16.5. The van der Waals surface area contributed by atoms with Crippen LogP contribution < -0.4 is 14.2 Å². The Morgan fingerprint density at radius 3 is 2.39 bits per heavy atom. The summed E-state index contributed by atoms with van der Waals surface area (Å²) >= 11 is 0. The fourth-order valence-corrected chi connectivity index (χ4v) is 3.21. The van der Waals surface area contributed by atoms with E-state index in [1.165, 1.54) is 5.57 Å². The second kappa shape index (κ2) is 14.4. The molecule has 0 N–H and O–H groups in total. The van der Waals surface area contributed by atoms with Crippen molar-refractivity contribution in [3.63, 3.8) is 0 Å². The second-order valence-electron chi connectivity index (χ2n) is 8.64. The van der Waals surface area contributed by atoms with Crippen molar-refractivity contribution in [3.8, 4) is 29.6 Å². The van der Waals surface area contributed by atoms with Gasteiger partial charge in [0.05, 0.1) is 24.9 Å². The van der Waals surface area contributed by atoms with Gasteiger partial charge in [-0.3, -0.25) is 4.79 Å². The Kier molecular flexibility index (Phi) is 11.3. The van der Waals surface area contributed by atoms with E-state index in [9.17, 15) is 4.79 Å². The van der Waals surface area contributed by atoms with Gasteiger partial charge >= 0.3 is 0 Å². The van der Waals surface area contributed by atoms with Crippen molar-refractivity contribution < 1.29 is 19.0 Å². The Morgan fingerprint density at radius 1 is 1.13 bits per heavy atom. The van der Waals surface area contributed by atoms with Crippen LogP contribution in [-0.2, 0) is 0 Å². The minimum atomic E-state index is -0.330. The molecule has 0 amide bonds. The van der Waals surface area contributed by atoms with Gasteiger partial charge < -0.3 is 14.2 Å². The third-order valence-corrected chi connectivity index (χ3v) is 5.71. The first-order chi connectivity index (χ1) is 18.2. The summed E-state index contributed by atoms with van der Waals surface area (Å²) in [5.74, 6) is 4.46. The molecule has 0 aliphatic rings. The molecule has 2 aromatic carbocycles. The number of aromatic nitrogens is 2. The van der Waals surface area contributed by atoms with Gasteiger partial charge in [0.1, 0.15) is 12.4 Å². The molecule has 0 atom stereocenters. The monoisotopic (exact) mass is 512 g/mol. The largest absolute Gasteiger partial charge is 0.493 e. The number of carbonyl (C=O) groups is 1. The summed E-state index contributed by atoms with van der Waals surface area (Å²) in [5.41, 5.74) is 3.61. The number of methoxy groups -OCH3 is 1.